The molecule has 2 amide bonds. The Kier molecular flexibility index (Phi) is 10.7. The lowest BCUT2D eigenvalue weighted by atomic mass is 9.33. The summed E-state index contributed by atoms with van der Waals surface area (Å²) in [6.45, 7) is 23.8. The number of aliphatic carboxylic acids is 1. The monoisotopic (exact) mass is 853 g/mol. The first-order valence-electron chi connectivity index (χ1n) is 24.2. The number of amides is 2. The Hall–Kier alpha value is -3.49. The van der Waals surface area contributed by atoms with Crippen LogP contribution in [0.3, 0.4) is 0 Å². The van der Waals surface area contributed by atoms with E-state index in [4.69, 9.17) is 4.74 Å². The van der Waals surface area contributed by atoms with Gasteiger partial charge in [0, 0.05) is 11.8 Å². The van der Waals surface area contributed by atoms with E-state index in [1.54, 1.807) is 0 Å². The molecule has 0 bridgehead atoms. The fourth-order valence-corrected chi connectivity index (χ4v) is 16.1. The molecule has 1 aromatic rings. The summed E-state index contributed by atoms with van der Waals surface area (Å²) < 4.78 is 6.44. The molecule has 0 heterocycles. The maximum Gasteiger partial charge on any atom is 0.309 e. The van der Waals surface area contributed by atoms with Gasteiger partial charge in [-0.2, -0.15) is 0 Å². The Morgan fingerprint density at radius 1 is 0.774 bits per heavy atom. The third-order valence-electron chi connectivity index (χ3n) is 20.0. The zero-order valence-electron chi connectivity index (χ0n) is 39.7. The van der Waals surface area contributed by atoms with Crippen LogP contribution in [0, 0.1) is 62.6 Å². The number of Topliss-reactive ketones (excluding diaryl/α,β-unsaturated/α-hetero) is 1. The van der Waals surface area contributed by atoms with E-state index in [2.05, 4.69) is 59.1 Å². The first-order valence-corrected chi connectivity index (χ1v) is 24.2. The van der Waals surface area contributed by atoms with Crippen molar-refractivity contribution in [3.8, 4) is 0 Å². The number of hydrogen-bond acceptors (Lipinski definition) is 6. The van der Waals surface area contributed by atoms with Crippen LogP contribution in [0.2, 0.25) is 0 Å². The molecule has 8 rings (SSSR count). The molecule has 7 aliphatic rings. The van der Waals surface area contributed by atoms with Gasteiger partial charge in [0.15, 0.2) is 5.78 Å². The summed E-state index contributed by atoms with van der Waals surface area (Å²) in [7, 11) is 0. The summed E-state index contributed by atoms with van der Waals surface area (Å²) in [6, 6.07) is 10.0. The van der Waals surface area contributed by atoms with E-state index in [9.17, 15) is 29.1 Å². The number of carboxylic acid groups (broad SMARTS) is 1. The SMILES string of the molecule is CC(C)C1=C2[C@H]3CC[C@@H]4[C@@]5(C)CC[C@H](OC(=O)[C@H]6C[C@@H](C(=O)O)C6(C)C)C(C)(C)[C@@H]5CC[C@@]4(C)[C@]3(C)CC[C@@]2(NC(=O)C(C)(C)NC(=O)C2(c3ccccc3)CCCC2)CC1=O. The fourth-order valence-electron chi connectivity index (χ4n) is 16.1. The third kappa shape index (κ3) is 6.36. The van der Waals surface area contributed by atoms with Crippen molar-refractivity contribution in [3.63, 3.8) is 0 Å². The largest absolute Gasteiger partial charge is 0.481 e. The first-order chi connectivity index (χ1) is 28.8. The van der Waals surface area contributed by atoms with Gasteiger partial charge in [-0.25, -0.2) is 0 Å². The molecule has 6 fully saturated rings. The Balaban J connectivity index is 1.04. The smallest absolute Gasteiger partial charge is 0.309 e. The second-order valence-electron chi connectivity index (χ2n) is 24.3. The van der Waals surface area contributed by atoms with Crippen LogP contribution in [0.15, 0.2) is 41.5 Å². The van der Waals surface area contributed by atoms with Crippen LogP contribution < -0.4 is 10.6 Å². The van der Waals surface area contributed by atoms with Crippen molar-refractivity contribution in [2.45, 2.75) is 189 Å². The molecular formula is C53H76N2O7. The zero-order chi connectivity index (χ0) is 45.2. The number of esters is 1. The lowest BCUT2D eigenvalue weighted by Crippen LogP contribution is -2.68. The van der Waals surface area contributed by atoms with Gasteiger partial charge in [0.1, 0.15) is 11.6 Å². The van der Waals surface area contributed by atoms with Gasteiger partial charge in [-0.1, -0.05) is 105 Å². The number of allylic oxidation sites excluding steroid dienone is 1. The number of ether oxygens (including phenoxy) is 1. The molecule has 9 nitrogen and oxygen atoms in total. The van der Waals surface area contributed by atoms with E-state index in [1.807, 2.05) is 58.0 Å². The summed E-state index contributed by atoms with van der Waals surface area (Å²) in [5.41, 5.74) is -0.518. The second kappa shape index (κ2) is 14.8. The van der Waals surface area contributed by atoms with E-state index in [-0.39, 0.29) is 69.6 Å². The molecule has 340 valence electrons. The lowest BCUT2D eigenvalue weighted by Gasteiger charge is -2.72. The van der Waals surface area contributed by atoms with Crippen molar-refractivity contribution >= 4 is 29.5 Å². The quantitative estimate of drug-likeness (QED) is 0.210. The van der Waals surface area contributed by atoms with E-state index in [1.165, 1.54) is 5.57 Å². The van der Waals surface area contributed by atoms with Crippen LogP contribution in [0.25, 0.3) is 0 Å². The van der Waals surface area contributed by atoms with Gasteiger partial charge < -0.3 is 20.5 Å². The van der Waals surface area contributed by atoms with Crippen LogP contribution >= 0.6 is 0 Å². The molecule has 0 aromatic heterocycles. The van der Waals surface area contributed by atoms with Crippen LogP contribution in [0.4, 0.5) is 0 Å². The molecule has 62 heavy (non-hydrogen) atoms. The number of nitrogens with one attached hydrogen (secondary N) is 2. The van der Waals surface area contributed by atoms with E-state index in [0.717, 1.165) is 81.8 Å². The highest BCUT2D eigenvalue weighted by Gasteiger charge is 2.71. The highest BCUT2D eigenvalue weighted by atomic mass is 16.5. The Morgan fingerprint density at radius 2 is 1.44 bits per heavy atom. The zero-order valence-corrected chi connectivity index (χ0v) is 39.7. The van der Waals surface area contributed by atoms with E-state index in [0.29, 0.717) is 24.7 Å². The van der Waals surface area contributed by atoms with Crippen LogP contribution in [0.5, 0.6) is 0 Å². The van der Waals surface area contributed by atoms with E-state index < -0.39 is 39.7 Å². The number of carboxylic acids is 1. The van der Waals surface area contributed by atoms with Crippen LogP contribution in [0.1, 0.15) is 172 Å². The predicted octanol–water partition coefficient (Wildman–Crippen LogP) is 9.90. The Morgan fingerprint density at radius 3 is 2.05 bits per heavy atom. The summed E-state index contributed by atoms with van der Waals surface area (Å²) in [5, 5.41) is 16.5. The number of ketones is 1. The first kappa shape index (κ1) is 45.1. The number of rotatable bonds is 9. The van der Waals surface area contributed by atoms with Crippen LogP contribution in [-0.2, 0) is 34.1 Å². The molecular weight excluding hydrogens is 777 g/mol. The van der Waals surface area contributed by atoms with Gasteiger partial charge in [-0.15, -0.1) is 0 Å². The van der Waals surface area contributed by atoms with Gasteiger partial charge in [-0.3, -0.25) is 24.0 Å². The second-order valence-corrected chi connectivity index (χ2v) is 24.3. The molecule has 3 N–H and O–H groups in total. The predicted molar refractivity (Wildman–Crippen MR) is 240 cm³/mol. The Labute approximate surface area is 371 Å². The molecule has 10 atom stereocenters. The van der Waals surface area contributed by atoms with E-state index >= 15 is 0 Å². The summed E-state index contributed by atoms with van der Waals surface area (Å²) in [5.74, 6) is -1.23. The Bertz CT molecular complexity index is 2060. The normalized spacial score (nSPS) is 39.1. The minimum Gasteiger partial charge on any atom is -0.481 e. The number of hydrogen-bond donors (Lipinski definition) is 3. The van der Waals surface area contributed by atoms with Crippen molar-refractivity contribution in [1.82, 2.24) is 10.6 Å². The van der Waals surface area contributed by atoms with Crippen molar-refractivity contribution in [3.05, 3.63) is 47.0 Å². The molecule has 9 heteroatoms. The van der Waals surface area contributed by atoms with Gasteiger partial charge >= 0.3 is 11.9 Å². The fraction of sp³-hybridized carbons (Fsp3) is 0.755. The van der Waals surface area contributed by atoms with Gasteiger partial charge in [0.05, 0.1) is 22.8 Å². The lowest BCUT2D eigenvalue weighted by molar-refractivity contribution is -0.235. The number of carbonyl (C=O) groups excluding carboxylic acids is 4. The topological polar surface area (TPSA) is 139 Å². The van der Waals surface area contributed by atoms with Crippen molar-refractivity contribution in [2.75, 3.05) is 0 Å². The maximum atomic E-state index is 14.7. The minimum atomic E-state index is -1.20. The average molecular weight is 853 g/mol. The van der Waals surface area contributed by atoms with Crippen LogP contribution in [-0.4, -0.2) is 51.8 Å². The highest BCUT2D eigenvalue weighted by Crippen LogP contribution is 2.76. The molecule has 6 saturated carbocycles. The number of benzene rings is 1. The number of carbonyl (C=O) groups is 5. The molecule has 0 aliphatic heterocycles. The van der Waals surface area contributed by atoms with Gasteiger partial charge in [0.25, 0.3) is 0 Å². The minimum absolute atomic E-state index is 0.0141. The molecule has 0 unspecified atom stereocenters. The van der Waals surface area contributed by atoms with Crippen molar-refractivity contribution in [2.24, 2.45) is 62.6 Å². The standard InChI is InChI=1S/C53H76N2O7/c1-31(2)40-36(56)30-53(55-44(60)48(7,8)54-45(61)52(23-15-16-24-52)32-17-13-12-14-18-32)28-27-50(10)33(41(40)53)19-20-38-49(9)25-22-39(47(5,6)37(49)21-26-51(38,50)11)62-43(59)35-29-34(42(57)58)46(35,3)4/h12-14,17-18,31,33-35,37-39H,15-16,19-30H2,1-11H3,(H,54,61)(H,55,60)(H,57,58)/t33-,34+,35-,37+,38-,39+,49+,50-,51-,53-/m1/s1. The van der Waals surface area contributed by atoms with Gasteiger partial charge in [-0.05, 0) is 147 Å². The molecule has 0 radical (unpaired) electrons. The maximum absolute atomic E-state index is 14.7. The number of fused-ring (bicyclic) bond motifs is 7. The van der Waals surface area contributed by atoms with Crippen molar-refractivity contribution in [1.29, 1.82) is 0 Å². The van der Waals surface area contributed by atoms with Gasteiger partial charge in [0.2, 0.25) is 11.8 Å². The summed E-state index contributed by atoms with van der Waals surface area (Å²) in [6.07, 6.45) is 11.2. The van der Waals surface area contributed by atoms with Crippen molar-refractivity contribution < 1.29 is 33.8 Å². The molecule has 7 aliphatic carbocycles. The third-order valence-corrected chi connectivity index (χ3v) is 20.0. The average Bonchev–Trinajstić information content (AvgIpc) is 3.80. The molecule has 0 saturated heterocycles. The highest BCUT2D eigenvalue weighted by molar-refractivity contribution is 6.03. The molecule has 1 aromatic carbocycles. The summed E-state index contributed by atoms with van der Waals surface area (Å²) >= 11 is 0. The molecule has 0 spiro atoms. The summed E-state index contributed by atoms with van der Waals surface area (Å²) in [4.78, 5) is 68.9.